The lowest BCUT2D eigenvalue weighted by Crippen LogP contribution is -2.19. The van der Waals surface area contributed by atoms with Crippen LogP contribution in [0.1, 0.15) is 31.1 Å². The van der Waals surface area contributed by atoms with Gasteiger partial charge in [-0.15, -0.1) is 0 Å². The van der Waals surface area contributed by atoms with E-state index in [9.17, 15) is 4.79 Å². The summed E-state index contributed by atoms with van der Waals surface area (Å²) in [5.74, 6) is 1.58. The number of rotatable bonds is 5. The van der Waals surface area contributed by atoms with E-state index in [4.69, 9.17) is 9.15 Å². The molecule has 1 amide bonds. The van der Waals surface area contributed by atoms with Crippen molar-refractivity contribution in [2.24, 2.45) is 0 Å². The lowest BCUT2D eigenvalue weighted by atomic mass is 9.96. The van der Waals surface area contributed by atoms with Gasteiger partial charge in [0.15, 0.2) is 6.61 Å². The highest BCUT2D eigenvalue weighted by atomic mass is 16.5. The van der Waals surface area contributed by atoms with Gasteiger partial charge >= 0.3 is 0 Å². The SMILES string of the molecule is CCn1cc(NC(=O)COc2ccc3oc4c(c3c2)CCCC4)cn1. The van der Waals surface area contributed by atoms with E-state index < -0.39 is 0 Å². The quantitative estimate of drug-likeness (QED) is 0.772. The van der Waals surface area contributed by atoms with Crippen LogP contribution in [-0.2, 0) is 24.2 Å². The van der Waals surface area contributed by atoms with Gasteiger partial charge in [-0.25, -0.2) is 0 Å². The van der Waals surface area contributed by atoms with Gasteiger partial charge in [0.1, 0.15) is 17.1 Å². The third-order valence-corrected chi connectivity index (χ3v) is 4.54. The molecular formula is C19H21N3O3. The average molecular weight is 339 g/mol. The largest absolute Gasteiger partial charge is 0.484 e. The van der Waals surface area contributed by atoms with Gasteiger partial charge in [-0.3, -0.25) is 9.48 Å². The van der Waals surface area contributed by atoms with Crippen LogP contribution in [-0.4, -0.2) is 22.3 Å². The second kappa shape index (κ2) is 6.63. The van der Waals surface area contributed by atoms with Crippen molar-refractivity contribution in [1.29, 1.82) is 0 Å². The van der Waals surface area contributed by atoms with Crippen LogP contribution < -0.4 is 10.1 Å². The summed E-state index contributed by atoms with van der Waals surface area (Å²) in [4.78, 5) is 12.0. The van der Waals surface area contributed by atoms with Gasteiger partial charge in [0.25, 0.3) is 5.91 Å². The summed E-state index contributed by atoms with van der Waals surface area (Å²) < 4.78 is 13.3. The molecule has 2 heterocycles. The highest BCUT2D eigenvalue weighted by Crippen LogP contribution is 2.33. The molecule has 0 fully saturated rings. The maximum atomic E-state index is 12.0. The monoisotopic (exact) mass is 339 g/mol. The zero-order valence-corrected chi connectivity index (χ0v) is 14.2. The topological polar surface area (TPSA) is 69.3 Å². The molecule has 0 aliphatic heterocycles. The van der Waals surface area contributed by atoms with Crippen LogP contribution >= 0.6 is 0 Å². The summed E-state index contributed by atoms with van der Waals surface area (Å²) in [6.07, 6.45) is 7.86. The van der Waals surface area contributed by atoms with Crippen molar-refractivity contribution < 1.29 is 13.9 Å². The Kier molecular flexibility index (Phi) is 4.17. The Morgan fingerprint density at radius 1 is 1.36 bits per heavy atom. The summed E-state index contributed by atoms with van der Waals surface area (Å²) in [5, 5.41) is 8.02. The van der Waals surface area contributed by atoms with Crippen LogP contribution in [0.5, 0.6) is 5.75 Å². The second-order valence-electron chi connectivity index (χ2n) is 6.29. The van der Waals surface area contributed by atoms with E-state index in [1.54, 1.807) is 17.1 Å². The Labute approximate surface area is 145 Å². The molecule has 0 saturated carbocycles. The molecule has 2 aromatic heterocycles. The van der Waals surface area contributed by atoms with E-state index in [1.807, 2.05) is 25.1 Å². The molecule has 0 unspecified atom stereocenters. The van der Waals surface area contributed by atoms with Gasteiger partial charge in [0, 0.05) is 30.1 Å². The first-order valence-electron chi connectivity index (χ1n) is 8.72. The molecule has 4 rings (SSSR count). The van der Waals surface area contributed by atoms with Crippen molar-refractivity contribution in [2.75, 3.05) is 11.9 Å². The van der Waals surface area contributed by atoms with Gasteiger partial charge in [-0.1, -0.05) is 0 Å². The number of hydrogen-bond acceptors (Lipinski definition) is 4. The number of nitrogens with zero attached hydrogens (tertiary/aromatic N) is 2. The highest BCUT2D eigenvalue weighted by Gasteiger charge is 2.18. The number of furan rings is 1. The Morgan fingerprint density at radius 2 is 2.24 bits per heavy atom. The summed E-state index contributed by atoms with van der Waals surface area (Å²) >= 11 is 0. The number of benzene rings is 1. The third kappa shape index (κ3) is 3.24. The Bertz CT molecular complexity index is 910. The van der Waals surface area contributed by atoms with E-state index in [-0.39, 0.29) is 12.5 Å². The van der Waals surface area contributed by atoms with Crippen LogP contribution in [0.2, 0.25) is 0 Å². The molecular weight excluding hydrogens is 318 g/mol. The molecule has 1 aliphatic carbocycles. The molecule has 6 heteroatoms. The minimum atomic E-state index is -0.204. The first kappa shape index (κ1) is 15.7. The molecule has 1 aromatic carbocycles. The molecule has 0 spiro atoms. The number of aryl methyl sites for hydroxylation is 3. The van der Waals surface area contributed by atoms with Crippen molar-refractivity contribution in [3.05, 3.63) is 41.9 Å². The number of nitrogens with one attached hydrogen (secondary N) is 1. The molecule has 1 aliphatic rings. The van der Waals surface area contributed by atoms with Crippen molar-refractivity contribution in [3.8, 4) is 5.75 Å². The minimum Gasteiger partial charge on any atom is -0.484 e. The van der Waals surface area contributed by atoms with Gasteiger partial charge in [0.2, 0.25) is 0 Å². The average Bonchev–Trinajstić information content (AvgIpc) is 3.23. The number of ether oxygens (including phenoxy) is 1. The first-order valence-corrected chi connectivity index (χ1v) is 8.72. The number of carbonyl (C=O) groups excluding carboxylic acids is 1. The normalized spacial score (nSPS) is 13.6. The van der Waals surface area contributed by atoms with Crippen molar-refractivity contribution in [1.82, 2.24) is 9.78 Å². The van der Waals surface area contributed by atoms with Crippen LogP contribution in [0.25, 0.3) is 11.0 Å². The van der Waals surface area contributed by atoms with Crippen LogP contribution in [0.15, 0.2) is 35.0 Å². The molecule has 0 saturated heterocycles. The Balaban J connectivity index is 1.42. The smallest absolute Gasteiger partial charge is 0.262 e. The van der Waals surface area contributed by atoms with Gasteiger partial charge in [-0.05, 0) is 44.4 Å². The van der Waals surface area contributed by atoms with Gasteiger partial charge in [-0.2, -0.15) is 5.10 Å². The maximum absolute atomic E-state index is 12.0. The highest BCUT2D eigenvalue weighted by molar-refractivity contribution is 5.91. The Hall–Kier alpha value is -2.76. The predicted octanol–water partition coefficient (Wildman–Crippen LogP) is 3.55. The molecule has 25 heavy (non-hydrogen) atoms. The summed E-state index contributed by atoms with van der Waals surface area (Å²) in [6, 6.07) is 5.75. The van der Waals surface area contributed by atoms with Gasteiger partial charge in [0.05, 0.1) is 11.9 Å². The number of hydrogen-bond donors (Lipinski definition) is 1. The Morgan fingerprint density at radius 3 is 3.08 bits per heavy atom. The fourth-order valence-electron chi connectivity index (χ4n) is 3.28. The van der Waals surface area contributed by atoms with Gasteiger partial charge < -0.3 is 14.5 Å². The summed E-state index contributed by atoms with van der Waals surface area (Å²) in [7, 11) is 0. The van der Waals surface area contributed by atoms with Crippen LogP contribution in [0, 0.1) is 0 Å². The molecule has 1 N–H and O–H groups in total. The molecule has 0 radical (unpaired) electrons. The van der Waals surface area contributed by atoms with E-state index in [0.29, 0.717) is 11.4 Å². The van der Waals surface area contributed by atoms with E-state index >= 15 is 0 Å². The number of fused-ring (bicyclic) bond motifs is 3. The van der Waals surface area contributed by atoms with Crippen LogP contribution in [0.3, 0.4) is 0 Å². The second-order valence-corrected chi connectivity index (χ2v) is 6.29. The van der Waals surface area contributed by atoms with Crippen LogP contribution in [0.4, 0.5) is 5.69 Å². The molecule has 3 aromatic rings. The lowest BCUT2D eigenvalue weighted by Gasteiger charge is -2.09. The standard InChI is InChI=1S/C19H21N3O3/c1-2-22-11-13(10-20-22)21-19(23)12-24-14-7-8-18-16(9-14)15-5-3-4-6-17(15)25-18/h7-11H,2-6,12H2,1H3,(H,21,23). The zero-order chi connectivity index (χ0) is 17.2. The first-order chi connectivity index (χ1) is 12.2. The summed E-state index contributed by atoms with van der Waals surface area (Å²) in [5.41, 5.74) is 2.87. The predicted molar refractivity (Wildman–Crippen MR) is 94.9 cm³/mol. The fourth-order valence-corrected chi connectivity index (χ4v) is 3.28. The number of anilines is 1. The maximum Gasteiger partial charge on any atom is 0.262 e. The van der Waals surface area contributed by atoms with Crippen molar-refractivity contribution in [2.45, 2.75) is 39.2 Å². The zero-order valence-electron chi connectivity index (χ0n) is 14.2. The number of aromatic nitrogens is 2. The molecule has 0 bridgehead atoms. The summed E-state index contributed by atoms with van der Waals surface area (Å²) in [6.45, 7) is 2.72. The molecule has 130 valence electrons. The molecule has 6 nitrogen and oxygen atoms in total. The van der Waals surface area contributed by atoms with E-state index in [0.717, 1.165) is 36.1 Å². The minimum absolute atomic E-state index is 0.0388. The number of amides is 1. The van der Waals surface area contributed by atoms with Crippen molar-refractivity contribution in [3.63, 3.8) is 0 Å². The fraction of sp³-hybridized carbons (Fsp3) is 0.368. The third-order valence-electron chi connectivity index (χ3n) is 4.54. The lowest BCUT2D eigenvalue weighted by molar-refractivity contribution is -0.118. The van der Waals surface area contributed by atoms with Crippen molar-refractivity contribution >= 4 is 22.6 Å². The number of carbonyl (C=O) groups is 1. The molecule has 0 atom stereocenters. The van der Waals surface area contributed by atoms with E-state index in [1.165, 1.54) is 18.4 Å². The van der Waals surface area contributed by atoms with E-state index in [2.05, 4.69) is 10.4 Å².